The van der Waals surface area contributed by atoms with Gasteiger partial charge in [-0.2, -0.15) is 5.26 Å². The molecule has 0 atom stereocenters. The molecule has 0 saturated carbocycles. The molecule has 0 amide bonds. The SMILES string of the molecule is COC(=CC#N)c1ccc(Oc2ccccc2)cc1. The van der Waals surface area contributed by atoms with Crippen LogP contribution in [0.25, 0.3) is 5.76 Å². The van der Waals surface area contributed by atoms with Crippen molar-refractivity contribution in [3.63, 3.8) is 0 Å². The van der Waals surface area contributed by atoms with Crippen LogP contribution in [0.4, 0.5) is 0 Å². The summed E-state index contributed by atoms with van der Waals surface area (Å²) in [6, 6.07) is 18.9. The second-order valence-electron chi connectivity index (χ2n) is 3.78. The van der Waals surface area contributed by atoms with Crippen LogP contribution >= 0.6 is 0 Å². The van der Waals surface area contributed by atoms with E-state index >= 15 is 0 Å². The Balaban J connectivity index is 2.15. The smallest absolute Gasteiger partial charge is 0.136 e. The number of para-hydroxylation sites is 1. The fourth-order valence-corrected chi connectivity index (χ4v) is 1.63. The van der Waals surface area contributed by atoms with Crippen molar-refractivity contribution in [2.45, 2.75) is 0 Å². The molecule has 0 saturated heterocycles. The molecular weight excluding hydrogens is 238 g/mol. The Hall–Kier alpha value is -2.73. The van der Waals surface area contributed by atoms with Gasteiger partial charge < -0.3 is 9.47 Å². The summed E-state index contributed by atoms with van der Waals surface area (Å²) in [6.45, 7) is 0. The van der Waals surface area contributed by atoms with Gasteiger partial charge in [-0.25, -0.2) is 0 Å². The average molecular weight is 251 g/mol. The van der Waals surface area contributed by atoms with E-state index in [1.165, 1.54) is 13.2 Å². The zero-order valence-corrected chi connectivity index (χ0v) is 10.5. The Labute approximate surface area is 112 Å². The van der Waals surface area contributed by atoms with Crippen LogP contribution < -0.4 is 4.74 Å². The lowest BCUT2D eigenvalue weighted by Crippen LogP contribution is -1.88. The predicted octanol–water partition coefficient (Wildman–Crippen LogP) is 3.99. The number of methoxy groups -OCH3 is 1. The highest BCUT2D eigenvalue weighted by Gasteiger charge is 2.02. The van der Waals surface area contributed by atoms with Crippen LogP contribution in [0.15, 0.2) is 60.7 Å². The van der Waals surface area contributed by atoms with Gasteiger partial charge in [0.2, 0.25) is 0 Å². The second kappa shape index (κ2) is 6.27. The summed E-state index contributed by atoms with van der Waals surface area (Å²) >= 11 is 0. The standard InChI is InChI=1S/C16H13NO2/c1-18-16(11-12-17)13-7-9-15(10-8-13)19-14-5-3-2-4-6-14/h2-11H,1H3. The quantitative estimate of drug-likeness (QED) is 0.609. The first-order chi connectivity index (χ1) is 9.33. The highest BCUT2D eigenvalue weighted by Crippen LogP contribution is 2.23. The molecule has 94 valence electrons. The topological polar surface area (TPSA) is 42.2 Å². The lowest BCUT2D eigenvalue weighted by atomic mass is 10.2. The third kappa shape index (κ3) is 3.36. The third-order valence-corrected chi connectivity index (χ3v) is 2.53. The first-order valence-corrected chi connectivity index (χ1v) is 5.80. The molecule has 0 aliphatic carbocycles. The van der Waals surface area contributed by atoms with E-state index < -0.39 is 0 Å². The lowest BCUT2D eigenvalue weighted by molar-refractivity contribution is 0.370. The molecule has 0 aromatic heterocycles. The van der Waals surface area contributed by atoms with E-state index in [4.69, 9.17) is 14.7 Å². The van der Waals surface area contributed by atoms with Crippen LogP contribution in [0.2, 0.25) is 0 Å². The summed E-state index contributed by atoms with van der Waals surface area (Å²) in [4.78, 5) is 0. The molecule has 0 N–H and O–H groups in total. The van der Waals surface area contributed by atoms with Crippen LogP contribution in [0.5, 0.6) is 11.5 Å². The van der Waals surface area contributed by atoms with Gasteiger partial charge in [-0.1, -0.05) is 18.2 Å². The van der Waals surface area contributed by atoms with Gasteiger partial charge in [0.25, 0.3) is 0 Å². The highest BCUT2D eigenvalue weighted by molar-refractivity contribution is 5.62. The van der Waals surface area contributed by atoms with Crippen LogP contribution in [0.1, 0.15) is 5.56 Å². The van der Waals surface area contributed by atoms with E-state index in [0.717, 1.165) is 17.1 Å². The highest BCUT2D eigenvalue weighted by atomic mass is 16.5. The molecule has 0 fully saturated rings. The maximum atomic E-state index is 8.65. The summed E-state index contributed by atoms with van der Waals surface area (Å²) in [5.74, 6) is 2.06. The van der Waals surface area contributed by atoms with Gasteiger partial charge in [-0.3, -0.25) is 0 Å². The summed E-state index contributed by atoms with van der Waals surface area (Å²) in [7, 11) is 1.54. The van der Waals surface area contributed by atoms with E-state index in [1.54, 1.807) is 0 Å². The zero-order valence-electron chi connectivity index (χ0n) is 10.5. The number of nitrogens with zero attached hydrogens (tertiary/aromatic N) is 1. The van der Waals surface area contributed by atoms with E-state index in [9.17, 15) is 0 Å². The van der Waals surface area contributed by atoms with Crippen LogP contribution in [0, 0.1) is 11.3 Å². The molecule has 2 rings (SSSR count). The number of rotatable bonds is 4. The summed E-state index contributed by atoms with van der Waals surface area (Å²) < 4.78 is 10.8. The minimum absolute atomic E-state index is 0.536. The molecule has 0 radical (unpaired) electrons. The van der Waals surface area contributed by atoms with Crippen molar-refractivity contribution < 1.29 is 9.47 Å². The summed E-state index contributed by atoms with van der Waals surface area (Å²) in [5.41, 5.74) is 0.837. The van der Waals surface area contributed by atoms with Gasteiger partial charge in [0, 0.05) is 5.56 Å². The van der Waals surface area contributed by atoms with E-state index in [0.29, 0.717) is 5.76 Å². The van der Waals surface area contributed by atoms with E-state index in [-0.39, 0.29) is 0 Å². The number of hydrogen-bond acceptors (Lipinski definition) is 3. The first kappa shape index (κ1) is 12.7. The molecule has 0 unspecified atom stereocenters. The van der Waals surface area contributed by atoms with Crippen molar-refractivity contribution in [2.24, 2.45) is 0 Å². The van der Waals surface area contributed by atoms with Gasteiger partial charge in [-0.05, 0) is 36.4 Å². The molecular formula is C16H13NO2. The van der Waals surface area contributed by atoms with Crippen LogP contribution in [-0.2, 0) is 4.74 Å². The van der Waals surface area contributed by atoms with Gasteiger partial charge in [0.1, 0.15) is 17.3 Å². The monoisotopic (exact) mass is 251 g/mol. The van der Waals surface area contributed by atoms with Crippen molar-refractivity contribution in [3.05, 3.63) is 66.2 Å². The van der Waals surface area contributed by atoms with Crippen molar-refractivity contribution in [1.82, 2.24) is 0 Å². The Morgan fingerprint density at radius 2 is 1.63 bits per heavy atom. The van der Waals surface area contributed by atoms with Crippen molar-refractivity contribution in [1.29, 1.82) is 5.26 Å². The van der Waals surface area contributed by atoms with Crippen molar-refractivity contribution in [2.75, 3.05) is 7.11 Å². The number of hydrogen-bond donors (Lipinski definition) is 0. The molecule has 0 bridgehead atoms. The maximum Gasteiger partial charge on any atom is 0.136 e. The molecule has 19 heavy (non-hydrogen) atoms. The second-order valence-corrected chi connectivity index (χ2v) is 3.78. The van der Waals surface area contributed by atoms with Gasteiger partial charge in [0.05, 0.1) is 19.3 Å². The lowest BCUT2D eigenvalue weighted by Gasteiger charge is -2.08. The number of ether oxygens (including phenoxy) is 2. The zero-order chi connectivity index (χ0) is 13.5. The first-order valence-electron chi connectivity index (χ1n) is 5.80. The Bertz CT molecular complexity index is 595. The number of nitriles is 1. The molecule has 3 nitrogen and oxygen atoms in total. The number of allylic oxidation sites excluding steroid dienone is 1. The summed E-state index contributed by atoms with van der Waals surface area (Å²) in [6.07, 6.45) is 1.37. The fraction of sp³-hybridized carbons (Fsp3) is 0.0625. The molecule has 0 spiro atoms. The normalized spacial score (nSPS) is 10.6. The predicted molar refractivity (Wildman–Crippen MR) is 73.6 cm³/mol. The summed E-state index contributed by atoms with van der Waals surface area (Å²) in [5, 5.41) is 8.65. The third-order valence-electron chi connectivity index (χ3n) is 2.53. The molecule has 2 aromatic carbocycles. The average Bonchev–Trinajstić information content (AvgIpc) is 2.47. The largest absolute Gasteiger partial charge is 0.495 e. The Morgan fingerprint density at radius 3 is 2.21 bits per heavy atom. The minimum Gasteiger partial charge on any atom is -0.495 e. The van der Waals surface area contributed by atoms with Crippen LogP contribution in [-0.4, -0.2) is 7.11 Å². The number of benzene rings is 2. The van der Waals surface area contributed by atoms with E-state index in [1.807, 2.05) is 60.7 Å². The minimum atomic E-state index is 0.536. The molecule has 3 heteroatoms. The van der Waals surface area contributed by atoms with Gasteiger partial charge in [0.15, 0.2) is 0 Å². The van der Waals surface area contributed by atoms with Crippen LogP contribution in [0.3, 0.4) is 0 Å². The van der Waals surface area contributed by atoms with Crippen molar-refractivity contribution in [3.8, 4) is 17.6 Å². The Kier molecular flexibility index (Phi) is 4.20. The van der Waals surface area contributed by atoms with Gasteiger partial charge >= 0.3 is 0 Å². The van der Waals surface area contributed by atoms with E-state index in [2.05, 4.69) is 0 Å². The van der Waals surface area contributed by atoms with Crippen molar-refractivity contribution >= 4 is 5.76 Å². The molecule has 0 aliphatic rings. The Morgan fingerprint density at radius 1 is 1.00 bits per heavy atom. The molecule has 2 aromatic rings. The fourth-order valence-electron chi connectivity index (χ4n) is 1.63. The molecule has 0 heterocycles. The molecule has 0 aliphatic heterocycles. The van der Waals surface area contributed by atoms with Gasteiger partial charge in [-0.15, -0.1) is 0 Å². The maximum absolute atomic E-state index is 8.65.